The van der Waals surface area contributed by atoms with Gasteiger partial charge in [0.2, 0.25) is 5.82 Å². The molecule has 1 aliphatic heterocycles. The summed E-state index contributed by atoms with van der Waals surface area (Å²) in [5, 5.41) is 22.7. The number of hydrogen-bond acceptors (Lipinski definition) is 6. The zero-order valence-electron chi connectivity index (χ0n) is 11.0. The molecule has 0 spiro atoms. The number of pyridine rings is 1. The van der Waals surface area contributed by atoms with Crippen molar-refractivity contribution >= 4 is 17.5 Å². The molecule has 1 atom stereocenters. The Balaban J connectivity index is 2.18. The van der Waals surface area contributed by atoms with Gasteiger partial charge in [-0.3, -0.25) is 10.1 Å². The van der Waals surface area contributed by atoms with Crippen molar-refractivity contribution in [2.24, 2.45) is 0 Å². The lowest BCUT2D eigenvalue weighted by Gasteiger charge is -2.23. The van der Waals surface area contributed by atoms with Gasteiger partial charge in [-0.25, -0.2) is 9.78 Å². The molecule has 0 radical (unpaired) electrons. The Morgan fingerprint density at radius 3 is 3.00 bits per heavy atom. The second-order valence-electron chi connectivity index (χ2n) is 4.91. The average molecular weight is 281 g/mol. The molecule has 108 valence electrons. The molecule has 1 unspecified atom stereocenters. The average Bonchev–Trinajstić information content (AvgIpc) is 2.83. The van der Waals surface area contributed by atoms with Gasteiger partial charge in [0.25, 0.3) is 0 Å². The molecule has 8 nitrogen and oxygen atoms in total. The highest BCUT2D eigenvalue weighted by atomic mass is 16.6. The summed E-state index contributed by atoms with van der Waals surface area (Å²) in [6.07, 6.45) is 2.90. The smallest absolute Gasteiger partial charge is 0.337 e. The van der Waals surface area contributed by atoms with Crippen molar-refractivity contribution in [3.63, 3.8) is 0 Å². The third-order valence-corrected chi connectivity index (χ3v) is 3.24. The number of ether oxygens (including phenoxy) is 1. The third-order valence-electron chi connectivity index (χ3n) is 3.24. The molecule has 8 heteroatoms. The molecule has 0 aromatic carbocycles. The first-order valence-corrected chi connectivity index (χ1v) is 6.17. The first-order chi connectivity index (χ1) is 9.41. The van der Waals surface area contributed by atoms with E-state index >= 15 is 0 Å². The number of nitro groups is 1. The molecule has 1 aliphatic rings. The minimum atomic E-state index is -1.25. The fourth-order valence-corrected chi connectivity index (χ4v) is 2.09. The first kappa shape index (κ1) is 14.2. The van der Waals surface area contributed by atoms with E-state index in [1.165, 1.54) is 0 Å². The third kappa shape index (κ3) is 3.02. The molecule has 1 fully saturated rings. The largest absolute Gasteiger partial charge is 0.478 e. The van der Waals surface area contributed by atoms with Crippen molar-refractivity contribution in [3.05, 3.63) is 27.9 Å². The molecule has 20 heavy (non-hydrogen) atoms. The SMILES string of the molecule is CC1(CNc2ncc(C(=O)O)cc2[N+](=O)[O-])CCCO1. The van der Waals surface area contributed by atoms with Crippen molar-refractivity contribution in [2.75, 3.05) is 18.5 Å². The monoisotopic (exact) mass is 281 g/mol. The fourth-order valence-electron chi connectivity index (χ4n) is 2.09. The maximum Gasteiger partial charge on any atom is 0.337 e. The number of carboxylic acid groups (broad SMARTS) is 1. The van der Waals surface area contributed by atoms with Crippen molar-refractivity contribution in [1.29, 1.82) is 0 Å². The fraction of sp³-hybridized carbons (Fsp3) is 0.500. The van der Waals surface area contributed by atoms with Gasteiger partial charge in [-0.05, 0) is 19.8 Å². The summed E-state index contributed by atoms with van der Waals surface area (Å²) in [5.41, 5.74) is -0.946. The number of nitrogens with one attached hydrogen (secondary N) is 1. The van der Waals surface area contributed by atoms with Crippen LogP contribution in [0.2, 0.25) is 0 Å². The highest BCUT2D eigenvalue weighted by molar-refractivity contribution is 5.88. The van der Waals surface area contributed by atoms with Crippen LogP contribution in [0.15, 0.2) is 12.3 Å². The Morgan fingerprint density at radius 1 is 1.70 bits per heavy atom. The molecule has 2 heterocycles. The molecule has 1 saturated heterocycles. The Bertz CT molecular complexity index is 540. The minimum absolute atomic E-state index is 0.0525. The Labute approximate surface area is 114 Å². The summed E-state index contributed by atoms with van der Waals surface area (Å²) >= 11 is 0. The van der Waals surface area contributed by atoms with Gasteiger partial charge in [-0.1, -0.05) is 0 Å². The predicted molar refractivity (Wildman–Crippen MR) is 69.9 cm³/mol. The highest BCUT2D eigenvalue weighted by Gasteiger charge is 2.30. The summed E-state index contributed by atoms with van der Waals surface area (Å²) in [5.74, 6) is -1.20. The summed E-state index contributed by atoms with van der Waals surface area (Å²) in [4.78, 5) is 24.9. The van der Waals surface area contributed by atoms with E-state index in [4.69, 9.17) is 9.84 Å². The van der Waals surface area contributed by atoms with E-state index in [-0.39, 0.29) is 22.7 Å². The van der Waals surface area contributed by atoms with Crippen LogP contribution in [0.4, 0.5) is 11.5 Å². The van der Waals surface area contributed by atoms with Gasteiger partial charge in [0.1, 0.15) is 0 Å². The molecule has 2 N–H and O–H groups in total. The van der Waals surface area contributed by atoms with Gasteiger partial charge in [0, 0.05) is 25.4 Å². The van der Waals surface area contributed by atoms with Gasteiger partial charge < -0.3 is 15.2 Å². The summed E-state index contributed by atoms with van der Waals surface area (Å²) in [6, 6.07) is 0.996. The maximum atomic E-state index is 11.0. The summed E-state index contributed by atoms with van der Waals surface area (Å²) in [6.45, 7) is 2.98. The Kier molecular flexibility index (Phi) is 3.84. The second-order valence-corrected chi connectivity index (χ2v) is 4.91. The lowest BCUT2D eigenvalue weighted by atomic mass is 10.0. The number of aromatic nitrogens is 1. The van der Waals surface area contributed by atoms with E-state index < -0.39 is 10.9 Å². The molecule has 0 saturated carbocycles. The highest BCUT2D eigenvalue weighted by Crippen LogP contribution is 2.28. The van der Waals surface area contributed by atoms with Crippen LogP contribution in [0.1, 0.15) is 30.1 Å². The number of carboxylic acids is 1. The number of carbonyl (C=O) groups is 1. The molecule has 2 rings (SSSR count). The molecule has 1 aromatic rings. The van der Waals surface area contributed by atoms with Crippen LogP contribution in [0, 0.1) is 10.1 Å². The summed E-state index contributed by atoms with van der Waals surface area (Å²) < 4.78 is 5.57. The number of nitrogens with zero attached hydrogens (tertiary/aromatic N) is 2. The molecule has 0 aliphatic carbocycles. The zero-order valence-corrected chi connectivity index (χ0v) is 11.0. The van der Waals surface area contributed by atoms with Crippen molar-refractivity contribution in [3.8, 4) is 0 Å². The standard InChI is InChI=1S/C12H15N3O5/c1-12(3-2-4-20-12)7-14-10-9(15(18)19)5-8(6-13-10)11(16)17/h5-6H,2-4,7H2,1H3,(H,13,14)(H,16,17). The van der Waals surface area contributed by atoms with E-state index in [9.17, 15) is 14.9 Å². The van der Waals surface area contributed by atoms with E-state index in [1.807, 2.05) is 6.92 Å². The quantitative estimate of drug-likeness (QED) is 0.623. The Hall–Kier alpha value is -2.22. The topological polar surface area (TPSA) is 115 Å². The van der Waals surface area contributed by atoms with Crippen LogP contribution < -0.4 is 5.32 Å². The molecule has 0 bridgehead atoms. The number of rotatable bonds is 5. The van der Waals surface area contributed by atoms with Crippen LogP contribution in [0.3, 0.4) is 0 Å². The molecular weight excluding hydrogens is 266 g/mol. The van der Waals surface area contributed by atoms with Gasteiger partial charge in [0.15, 0.2) is 0 Å². The number of anilines is 1. The molecule has 1 aromatic heterocycles. The predicted octanol–water partition coefficient (Wildman–Crippen LogP) is 1.67. The number of aromatic carboxylic acids is 1. The Morgan fingerprint density at radius 2 is 2.45 bits per heavy atom. The van der Waals surface area contributed by atoms with Crippen molar-refractivity contribution in [1.82, 2.24) is 4.98 Å². The van der Waals surface area contributed by atoms with E-state index in [0.717, 1.165) is 25.1 Å². The van der Waals surface area contributed by atoms with Crippen LogP contribution in [0.25, 0.3) is 0 Å². The van der Waals surface area contributed by atoms with Crippen LogP contribution in [-0.4, -0.2) is 39.7 Å². The van der Waals surface area contributed by atoms with Crippen molar-refractivity contribution in [2.45, 2.75) is 25.4 Å². The molecular formula is C12H15N3O5. The van der Waals surface area contributed by atoms with E-state index in [1.54, 1.807) is 0 Å². The lowest BCUT2D eigenvalue weighted by molar-refractivity contribution is -0.384. The lowest BCUT2D eigenvalue weighted by Crippen LogP contribution is -2.33. The van der Waals surface area contributed by atoms with E-state index in [2.05, 4.69) is 10.3 Å². The molecule has 0 amide bonds. The first-order valence-electron chi connectivity index (χ1n) is 6.17. The second kappa shape index (κ2) is 5.41. The van der Waals surface area contributed by atoms with Gasteiger partial charge in [0.05, 0.1) is 16.1 Å². The normalized spacial score (nSPS) is 21.6. The van der Waals surface area contributed by atoms with Crippen molar-refractivity contribution < 1.29 is 19.6 Å². The van der Waals surface area contributed by atoms with Crippen LogP contribution >= 0.6 is 0 Å². The zero-order chi connectivity index (χ0) is 14.8. The maximum absolute atomic E-state index is 11.0. The van der Waals surface area contributed by atoms with Crippen LogP contribution in [0.5, 0.6) is 0 Å². The van der Waals surface area contributed by atoms with Gasteiger partial charge in [-0.15, -0.1) is 0 Å². The minimum Gasteiger partial charge on any atom is -0.478 e. The summed E-state index contributed by atoms with van der Waals surface area (Å²) in [7, 11) is 0. The van der Waals surface area contributed by atoms with Gasteiger partial charge >= 0.3 is 11.7 Å². The number of hydrogen-bond donors (Lipinski definition) is 2. The van der Waals surface area contributed by atoms with Gasteiger partial charge in [-0.2, -0.15) is 0 Å². The van der Waals surface area contributed by atoms with E-state index in [0.29, 0.717) is 13.2 Å². The van der Waals surface area contributed by atoms with Crippen LogP contribution in [-0.2, 0) is 4.74 Å².